The van der Waals surface area contributed by atoms with Crippen molar-refractivity contribution in [1.82, 2.24) is 4.31 Å². The molecular formula is C20H32N3O4S+. The van der Waals surface area contributed by atoms with E-state index in [4.69, 9.17) is 4.74 Å². The van der Waals surface area contributed by atoms with Gasteiger partial charge in [-0.1, -0.05) is 19.4 Å². The smallest absolute Gasteiger partial charge is 0.282 e. The van der Waals surface area contributed by atoms with Crippen LogP contribution in [0.2, 0.25) is 0 Å². The minimum absolute atomic E-state index is 0.0984. The van der Waals surface area contributed by atoms with Crippen LogP contribution < -0.4 is 10.6 Å². The molecule has 28 heavy (non-hydrogen) atoms. The normalized spacial score (nSPS) is 25.2. The molecule has 3 rings (SSSR count). The molecule has 1 aromatic rings. The van der Waals surface area contributed by atoms with E-state index in [9.17, 15) is 13.2 Å². The lowest BCUT2D eigenvalue weighted by molar-refractivity contribution is -0.714. The molecule has 8 heteroatoms. The third-order valence-electron chi connectivity index (χ3n) is 5.84. The van der Waals surface area contributed by atoms with Crippen LogP contribution in [0.15, 0.2) is 29.2 Å². The molecule has 1 aromatic carbocycles. The second kappa shape index (κ2) is 9.35. The van der Waals surface area contributed by atoms with Crippen LogP contribution in [-0.2, 0) is 19.6 Å². The van der Waals surface area contributed by atoms with Crippen LogP contribution in [0.25, 0.3) is 0 Å². The zero-order chi connectivity index (χ0) is 20.1. The molecule has 1 amide bonds. The zero-order valence-corrected chi connectivity index (χ0v) is 17.6. The lowest BCUT2D eigenvalue weighted by atomic mass is 9.85. The number of nitrogens with two attached hydrogens (primary N) is 1. The first kappa shape index (κ1) is 21.2. The standard InChI is InChI=1S/C20H31N3O4S/c1-15-6-3-4-9-19(15)21-16(2)20(24)22-17-7-5-8-18(14-17)28(25,26)23-10-12-27-13-11-23/h5,7-8,14-16,19,21H,3-4,6,9-13H2,1-2H3,(H,22,24)/p+1/t15-,16-,19-/m0/s1. The van der Waals surface area contributed by atoms with Crippen molar-refractivity contribution in [2.45, 2.75) is 56.5 Å². The molecule has 0 bridgehead atoms. The maximum atomic E-state index is 12.8. The van der Waals surface area contributed by atoms with Crippen molar-refractivity contribution < 1.29 is 23.3 Å². The van der Waals surface area contributed by atoms with Gasteiger partial charge in [-0.25, -0.2) is 8.42 Å². The van der Waals surface area contributed by atoms with E-state index >= 15 is 0 Å². The number of hydrogen-bond acceptors (Lipinski definition) is 4. The summed E-state index contributed by atoms with van der Waals surface area (Å²) in [5.74, 6) is 0.518. The van der Waals surface area contributed by atoms with Crippen molar-refractivity contribution in [1.29, 1.82) is 0 Å². The summed E-state index contributed by atoms with van der Waals surface area (Å²) in [5, 5.41) is 5.04. The molecule has 1 aliphatic carbocycles. The third-order valence-corrected chi connectivity index (χ3v) is 7.73. The Labute approximate surface area is 167 Å². The lowest BCUT2D eigenvalue weighted by Crippen LogP contribution is -2.97. The minimum Gasteiger partial charge on any atom is -0.379 e. The summed E-state index contributed by atoms with van der Waals surface area (Å²) < 4.78 is 32.3. The van der Waals surface area contributed by atoms with E-state index in [1.54, 1.807) is 24.3 Å². The van der Waals surface area contributed by atoms with Crippen LogP contribution in [0.5, 0.6) is 0 Å². The highest BCUT2D eigenvalue weighted by Crippen LogP contribution is 2.22. The summed E-state index contributed by atoms with van der Waals surface area (Å²) in [6.07, 6.45) is 4.86. The average Bonchev–Trinajstić information content (AvgIpc) is 2.70. The number of nitrogens with one attached hydrogen (secondary N) is 1. The molecule has 3 N–H and O–H groups in total. The third kappa shape index (κ3) is 5.11. The maximum Gasteiger partial charge on any atom is 0.282 e. The minimum atomic E-state index is -3.58. The quantitative estimate of drug-likeness (QED) is 0.737. The molecule has 0 unspecified atom stereocenters. The Balaban J connectivity index is 1.64. The van der Waals surface area contributed by atoms with Crippen LogP contribution in [-0.4, -0.2) is 57.0 Å². The molecule has 3 atom stereocenters. The zero-order valence-electron chi connectivity index (χ0n) is 16.8. The fourth-order valence-corrected chi connectivity index (χ4v) is 5.47. The SMILES string of the molecule is C[C@H]([NH2+][C@H]1CCCC[C@@H]1C)C(=O)Nc1cccc(S(=O)(=O)N2CCOCC2)c1. The van der Waals surface area contributed by atoms with E-state index < -0.39 is 10.0 Å². The second-order valence-electron chi connectivity index (χ2n) is 7.94. The highest BCUT2D eigenvalue weighted by Gasteiger charge is 2.29. The molecular weight excluding hydrogens is 378 g/mol. The number of ether oxygens (including phenoxy) is 1. The predicted molar refractivity (Wildman–Crippen MR) is 107 cm³/mol. The van der Waals surface area contributed by atoms with E-state index in [0.717, 1.165) is 6.42 Å². The summed E-state index contributed by atoms with van der Waals surface area (Å²) in [7, 11) is -3.58. The molecule has 1 saturated heterocycles. The molecule has 1 saturated carbocycles. The summed E-state index contributed by atoms with van der Waals surface area (Å²) in [6.45, 7) is 5.68. The van der Waals surface area contributed by atoms with E-state index in [2.05, 4.69) is 17.6 Å². The number of benzene rings is 1. The number of amides is 1. The van der Waals surface area contributed by atoms with Gasteiger partial charge in [0.15, 0.2) is 6.04 Å². The van der Waals surface area contributed by atoms with Crippen LogP contribution in [0.3, 0.4) is 0 Å². The molecule has 156 valence electrons. The first-order valence-electron chi connectivity index (χ1n) is 10.2. The molecule has 2 aliphatic rings. The summed E-state index contributed by atoms with van der Waals surface area (Å²) in [5.41, 5.74) is 0.510. The molecule has 7 nitrogen and oxygen atoms in total. The highest BCUT2D eigenvalue weighted by molar-refractivity contribution is 7.89. The first-order valence-corrected chi connectivity index (χ1v) is 11.7. The van der Waals surface area contributed by atoms with Gasteiger partial charge in [-0.3, -0.25) is 4.79 Å². The van der Waals surface area contributed by atoms with Gasteiger partial charge >= 0.3 is 0 Å². The van der Waals surface area contributed by atoms with Gasteiger partial charge in [0, 0.05) is 24.7 Å². The van der Waals surface area contributed by atoms with Gasteiger partial charge in [-0.2, -0.15) is 4.31 Å². The number of nitrogens with zero attached hydrogens (tertiary/aromatic N) is 1. The Kier molecular flexibility index (Phi) is 7.09. The number of rotatable bonds is 6. The number of morpholine rings is 1. The summed E-state index contributed by atoms with van der Waals surface area (Å²) >= 11 is 0. The number of carbonyl (C=O) groups excluding carboxylic acids is 1. The van der Waals surface area contributed by atoms with Gasteiger partial charge in [0.25, 0.3) is 5.91 Å². The molecule has 0 radical (unpaired) electrons. The molecule has 0 aromatic heterocycles. The van der Waals surface area contributed by atoms with E-state index in [1.165, 1.54) is 23.6 Å². The van der Waals surface area contributed by atoms with Gasteiger partial charge in [0.05, 0.1) is 24.2 Å². The lowest BCUT2D eigenvalue weighted by Gasteiger charge is -2.28. The largest absolute Gasteiger partial charge is 0.379 e. The fraction of sp³-hybridized carbons (Fsp3) is 0.650. The number of anilines is 1. The molecule has 1 heterocycles. The van der Waals surface area contributed by atoms with Crippen molar-refractivity contribution in [3.8, 4) is 0 Å². The number of sulfonamides is 1. The fourth-order valence-electron chi connectivity index (χ4n) is 4.02. The van der Waals surface area contributed by atoms with Crippen molar-refractivity contribution >= 4 is 21.6 Å². The van der Waals surface area contributed by atoms with Gasteiger partial charge in [-0.15, -0.1) is 0 Å². The Morgan fingerprint density at radius 2 is 1.96 bits per heavy atom. The van der Waals surface area contributed by atoms with Gasteiger partial charge in [0.2, 0.25) is 10.0 Å². The summed E-state index contributed by atoms with van der Waals surface area (Å²) in [4.78, 5) is 12.8. The Bertz CT molecular complexity index is 777. The maximum absolute atomic E-state index is 12.8. The topological polar surface area (TPSA) is 92.3 Å². The number of quaternary nitrogens is 1. The van der Waals surface area contributed by atoms with Crippen molar-refractivity contribution in [2.24, 2.45) is 5.92 Å². The average molecular weight is 411 g/mol. The summed E-state index contributed by atoms with van der Waals surface area (Å²) in [6, 6.07) is 6.76. The van der Waals surface area contributed by atoms with Crippen molar-refractivity contribution in [2.75, 3.05) is 31.6 Å². The van der Waals surface area contributed by atoms with Crippen LogP contribution in [0.1, 0.15) is 39.5 Å². The Morgan fingerprint density at radius 3 is 2.68 bits per heavy atom. The Hall–Kier alpha value is -1.48. The molecule has 2 fully saturated rings. The van der Waals surface area contributed by atoms with Crippen LogP contribution in [0, 0.1) is 5.92 Å². The number of carbonyl (C=O) groups is 1. The van der Waals surface area contributed by atoms with Crippen molar-refractivity contribution in [3.05, 3.63) is 24.3 Å². The first-order chi connectivity index (χ1) is 13.4. The molecule has 1 aliphatic heterocycles. The van der Waals surface area contributed by atoms with Crippen LogP contribution >= 0.6 is 0 Å². The van der Waals surface area contributed by atoms with Crippen molar-refractivity contribution in [3.63, 3.8) is 0 Å². The monoisotopic (exact) mass is 410 g/mol. The highest BCUT2D eigenvalue weighted by atomic mass is 32.2. The van der Waals surface area contributed by atoms with Crippen LogP contribution in [0.4, 0.5) is 5.69 Å². The second-order valence-corrected chi connectivity index (χ2v) is 9.88. The van der Waals surface area contributed by atoms with Gasteiger partial charge in [-0.05, 0) is 44.4 Å². The number of hydrogen-bond donors (Lipinski definition) is 2. The molecule has 0 spiro atoms. The van der Waals surface area contributed by atoms with E-state index in [-0.39, 0.29) is 16.8 Å². The van der Waals surface area contributed by atoms with E-state index in [1.807, 2.05) is 6.92 Å². The van der Waals surface area contributed by atoms with Gasteiger partial charge < -0.3 is 15.4 Å². The van der Waals surface area contributed by atoms with E-state index in [0.29, 0.717) is 44.0 Å². The predicted octanol–water partition coefficient (Wildman–Crippen LogP) is 1.18. The van der Waals surface area contributed by atoms with Gasteiger partial charge in [0.1, 0.15) is 0 Å². The Morgan fingerprint density at radius 1 is 1.25 bits per heavy atom.